The van der Waals surface area contributed by atoms with Gasteiger partial charge in [-0.05, 0) is 47.8 Å². The number of thiophene rings is 1. The lowest BCUT2D eigenvalue weighted by atomic mass is 10.1. The van der Waals surface area contributed by atoms with Crippen LogP contribution in [0.4, 0.5) is 4.39 Å². The molecule has 0 saturated carbocycles. The van der Waals surface area contributed by atoms with Gasteiger partial charge < -0.3 is 10.1 Å². The summed E-state index contributed by atoms with van der Waals surface area (Å²) in [4.78, 5) is 25.3. The van der Waals surface area contributed by atoms with E-state index in [1.807, 2.05) is 23.6 Å². The van der Waals surface area contributed by atoms with Crippen molar-refractivity contribution in [2.75, 3.05) is 13.2 Å². The van der Waals surface area contributed by atoms with Gasteiger partial charge in [-0.15, -0.1) is 21.5 Å². The van der Waals surface area contributed by atoms with Crippen molar-refractivity contribution in [2.24, 2.45) is 0 Å². The van der Waals surface area contributed by atoms with Crippen LogP contribution in [0, 0.1) is 5.82 Å². The SMILES string of the molecule is O=C(Cn1nc(-c2ccc(F)cc2)ccc1=O)NCCOc1ccc(-c2cccs2)nn1. The Morgan fingerprint density at radius 1 is 1.03 bits per heavy atom. The second-order valence-corrected chi connectivity index (χ2v) is 7.60. The van der Waals surface area contributed by atoms with E-state index in [0.717, 1.165) is 15.3 Å². The number of carbonyl (C=O) groups is 1. The Bertz CT molecular complexity index is 1240. The van der Waals surface area contributed by atoms with E-state index in [1.54, 1.807) is 29.5 Å². The molecule has 0 bridgehead atoms. The summed E-state index contributed by atoms with van der Waals surface area (Å²) in [5.74, 6) is -0.406. The Labute approximate surface area is 186 Å². The maximum atomic E-state index is 13.1. The van der Waals surface area contributed by atoms with Gasteiger partial charge in [0.25, 0.3) is 5.56 Å². The van der Waals surface area contributed by atoms with Crippen molar-refractivity contribution in [3.8, 4) is 27.7 Å². The molecule has 162 valence electrons. The molecule has 0 saturated heterocycles. The van der Waals surface area contributed by atoms with Gasteiger partial charge in [-0.25, -0.2) is 9.07 Å². The van der Waals surface area contributed by atoms with Gasteiger partial charge in [0, 0.05) is 17.7 Å². The molecule has 1 amide bonds. The van der Waals surface area contributed by atoms with E-state index in [2.05, 4.69) is 20.6 Å². The molecule has 0 fully saturated rings. The molecule has 1 aromatic carbocycles. The average molecular weight is 451 g/mol. The highest BCUT2D eigenvalue weighted by Gasteiger charge is 2.09. The largest absolute Gasteiger partial charge is 0.475 e. The second kappa shape index (κ2) is 9.92. The second-order valence-electron chi connectivity index (χ2n) is 6.65. The maximum Gasteiger partial charge on any atom is 0.267 e. The quantitative estimate of drug-likeness (QED) is 0.414. The summed E-state index contributed by atoms with van der Waals surface area (Å²) >= 11 is 1.57. The molecule has 0 aliphatic heterocycles. The minimum atomic E-state index is -0.414. The van der Waals surface area contributed by atoms with E-state index in [1.165, 1.54) is 24.3 Å². The molecule has 1 N–H and O–H groups in total. The molecule has 4 rings (SSSR count). The highest BCUT2D eigenvalue weighted by Crippen LogP contribution is 2.22. The molecule has 0 atom stereocenters. The van der Waals surface area contributed by atoms with Crippen LogP contribution in [0.2, 0.25) is 0 Å². The minimum Gasteiger partial charge on any atom is -0.475 e. The van der Waals surface area contributed by atoms with E-state index >= 15 is 0 Å². The topological polar surface area (TPSA) is 99.0 Å². The fourth-order valence-electron chi connectivity index (χ4n) is 2.83. The molecule has 10 heteroatoms. The van der Waals surface area contributed by atoms with Crippen molar-refractivity contribution >= 4 is 17.2 Å². The third-order valence-electron chi connectivity index (χ3n) is 4.39. The number of nitrogens with one attached hydrogen (secondary N) is 1. The van der Waals surface area contributed by atoms with Gasteiger partial charge in [-0.1, -0.05) is 6.07 Å². The summed E-state index contributed by atoms with van der Waals surface area (Å²) in [6.45, 7) is 0.166. The molecule has 3 aromatic heterocycles. The van der Waals surface area contributed by atoms with Crippen molar-refractivity contribution in [1.29, 1.82) is 0 Å². The van der Waals surface area contributed by atoms with E-state index in [0.29, 0.717) is 17.1 Å². The zero-order valence-corrected chi connectivity index (χ0v) is 17.6. The summed E-state index contributed by atoms with van der Waals surface area (Å²) in [5.41, 5.74) is 1.45. The van der Waals surface area contributed by atoms with Gasteiger partial charge in [-0.2, -0.15) is 5.10 Å². The van der Waals surface area contributed by atoms with Gasteiger partial charge >= 0.3 is 0 Å². The predicted octanol–water partition coefficient (Wildman–Crippen LogP) is 2.76. The number of hydrogen-bond donors (Lipinski definition) is 1. The van der Waals surface area contributed by atoms with Crippen LogP contribution in [-0.4, -0.2) is 39.0 Å². The van der Waals surface area contributed by atoms with Crippen LogP contribution in [-0.2, 0) is 11.3 Å². The fraction of sp³-hybridized carbons (Fsp3) is 0.136. The van der Waals surface area contributed by atoms with Crippen LogP contribution in [0.5, 0.6) is 5.88 Å². The number of benzene rings is 1. The third kappa shape index (κ3) is 5.41. The van der Waals surface area contributed by atoms with Crippen LogP contribution in [0.3, 0.4) is 0 Å². The van der Waals surface area contributed by atoms with Crippen LogP contribution in [0.25, 0.3) is 21.8 Å². The van der Waals surface area contributed by atoms with Gasteiger partial charge in [0.1, 0.15) is 24.7 Å². The third-order valence-corrected chi connectivity index (χ3v) is 5.28. The lowest BCUT2D eigenvalue weighted by Crippen LogP contribution is -2.35. The molecular weight excluding hydrogens is 433 g/mol. The summed E-state index contributed by atoms with van der Waals surface area (Å²) in [6.07, 6.45) is 0. The number of aromatic nitrogens is 4. The monoisotopic (exact) mass is 451 g/mol. The van der Waals surface area contributed by atoms with E-state index in [4.69, 9.17) is 4.74 Å². The van der Waals surface area contributed by atoms with Gasteiger partial charge in [0.2, 0.25) is 11.8 Å². The van der Waals surface area contributed by atoms with Crippen LogP contribution < -0.4 is 15.6 Å². The Kier molecular flexibility index (Phi) is 6.61. The lowest BCUT2D eigenvalue weighted by molar-refractivity contribution is -0.122. The van der Waals surface area contributed by atoms with E-state index in [-0.39, 0.29) is 25.5 Å². The van der Waals surface area contributed by atoms with Crippen molar-refractivity contribution in [1.82, 2.24) is 25.3 Å². The Hall–Kier alpha value is -3.92. The normalized spacial score (nSPS) is 10.7. The fourth-order valence-corrected chi connectivity index (χ4v) is 3.52. The zero-order valence-electron chi connectivity index (χ0n) is 16.8. The molecule has 0 spiro atoms. The highest BCUT2D eigenvalue weighted by atomic mass is 32.1. The molecular formula is C22H18FN5O3S. The van der Waals surface area contributed by atoms with Gasteiger partial charge in [-0.3, -0.25) is 9.59 Å². The van der Waals surface area contributed by atoms with Crippen molar-refractivity contribution < 1.29 is 13.9 Å². The molecule has 0 aliphatic rings. The number of halogens is 1. The van der Waals surface area contributed by atoms with E-state index < -0.39 is 11.5 Å². The molecule has 0 unspecified atom stereocenters. The van der Waals surface area contributed by atoms with Gasteiger partial charge in [0.15, 0.2) is 0 Å². The number of ether oxygens (including phenoxy) is 1. The number of rotatable bonds is 8. The van der Waals surface area contributed by atoms with Crippen LogP contribution in [0.1, 0.15) is 0 Å². The predicted molar refractivity (Wildman–Crippen MR) is 118 cm³/mol. The summed E-state index contributed by atoms with van der Waals surface area (Å²) in [7, 11) is 0. The Balaban J connectivity index is 1.27. The number of amides is 1. The van der Waals surface area contributed by atoms with Crippen LogP contribution >= 0.6 is 11.3 Å². The van der Waals surface area contributed by atoms with E-state index in [9.17, 15) is 14.0 Å². The Morgan fingerprint density at radius 2 is 1.84 bits per heavy atom. The standard InChI is InChI=1S/C22H18FN5O3S/c23-16-5-3-15(4-6-16)17-8-10-22(30)28(27-17)14-20(29)24-11-12-31-21-9-7-18(25-26-21)19-2-1-13-32-19/h1-10,13H,11-12,14H2,(H,24,29). The first kappa shape index (κ1) is 21.3. The minimum absolute atomic E-state index is 0.191. The summed E-state index contributed by atoms with van der Waals surface area (Å²) in [6, 6.07) is 16.0. The molecule has 8 nitrogen and oxygen atoms in total. The molecule has 4 aromatic rings. The van der Waals surface area contributed by atoms with Crippen molar-refractivity contribution in [3.05, 3.63) is 82.2 Å². The maximum absolute atomic E-state index is 13.1. The molecule has 3 heterocycles. The van der Waals surface area contributed by atoms with Crippen molar-refractivity contribution in [3.63, 3.8) is 0 Å². The molecule has 32 heavy (non-hydrogen) atoms. The van der Waals surface area contributed by atoms with Gasteiger partial charge in [0.05, 0.1) is 17.1 Å². The first-order valence-electron chi connectivity index (χ1n) is 9.70. The average Bonchev–Trinajstić information content (AvgIpc) is 3.34. The molecule has 0 radical (unpaired) electrons. The first-order chi connectivity index (χ1) is 15.6. The number of carbonyl (C=O) groups excluding carboxylic acids is 1. The number of nitrogens with zero attached hydrogens (tertiary/aromatic N) is 4. The highest BCUT2D eigenvalue weighted by molar-refractivity contribution is 7.13. The lowest BCUT2D eigenvalue weighted by Gasteiger charge is -2.09. The Morgan fingerprint density at radius 3 is 2.56 bits per heavy atom. The summed E-state index contributed by atoms with van der Waals surface area (Å²) < 4.78 is 19.7. The molecule has 0 aliphatic carbocycles. The summed E-state index contributed by atoms with van der Waals surface area (Å²) in [5, 5.41) is 17.0. The first-order valence-corrected chi connectivity index (χ1v) is 10.6. The number of hydrogen-bond acceptors (Lipinski definition) is 7. The van der Waals surface area contributed by atoms with Crippen LogP contribution in [0.15, 0.2) is 70.8 Å². The zero-order chi connectivity index (χ0) is 22.3. The smallest absolute Gasteiger partial charge is 0.267 e. The van der Waals surface area contributed by atoms with Crippen molar-refractivity contribution in [2.45, 2.75) is 6.54 Å².